The van der Waals surface area contributed by atoms with Crippen LogP contribution in [0.25, 0.3) is 21.6 Å². The van der Waals surface area contributed by atoms with Crippen LogP contribution in [0.5, 0.6) is 0 Å². The van der Waals surface area contributed by atoms with Gasteiger partial charge in [-0.1, -0.05) is 38.1 Å². The summed E-state index contributed by atoms with van der Waals surface area (Å²) in [5, 5.41) is 0.715. The van der Waals surface area contributed by atoms with Gasteiger partial charge >= 0.3 is 12.1 Å². The van der Waals surface area contributed by atoms with E-state index >= 15 is 0 Å². The third-order valence-electron chi connectivity index (χ3n) is 4.59. The van der Waals surface area contributed by atoms with Gasteiger partial charge in [-0.15, -0.1) is 11.3 Å². The number of hydrogen-bond donors (Lipinski definition) is 0. The van der Waals surface area contributed by atoms with E-state index in [1.807, 2.05) is 6.07 Å². The van der Waals surface area contributed by atoms with Crippen LogP contribution in [-0.2, 0) is 22.1 Å². The molecule has 0 fully saturated rings. The van der Waals surface area contributed by atoms with Gasteiger partial charge in [-0.25, -0.2) is 4.79 Å². The van der Waals surface area contributed by atoms with E-state index in [-0.39, 0.29) is 16.6 Å². The van der Waals surface area contributed by atoms with Gasteiger partial charge in [-0.3, -0.25) is 0 Å². The molecule has 8 heteroatoms. The van der Waals surface area contributed by atoms with Crippen molar-refractivity contribution in [3.63, 3.8) is 0 Å². The molecule has 0 aliphatic carbocycles. The molecule has 2 heterocycles. The Hall–Kier alpha value is -2.19. The molecule has 0 radical (unpaired) electrons. The Morgan fingerprint density at radius 3 is 2.68 bits per heavy atom. The van der Waals surface area contributed by atoms with Gasteiger partial charge in [0.1, 0.15) is 17.3 Å². The Morgan fingerprint density at radius 1 is 1.23 bits per heavy atom. The molecule has 0 saturated carbocycles. The average Bonchev–Trinajstić information content (AvgIpc) is 3.31. The van der Waals surface area contributed by atoms with Crippen molar-refractivity contribution in [3.8, 4) is 10.6 Å². The van der Waals surface area contributed by atoms with E-state index in [9.17, 15) is 18.0 Å². The van der Waals surface area contributed by atoms with Crippen LogP contribution >= 0.6 is 23.1 Å². The number of hydrogen-bond acceptors (Lipinski definition) is 5. The molecule has 0 spiro atoms. The van der Waals surface area contributed by atoms with Crippen LogP contribution < -0.4 is 0 Å². The summed E-state index contributed by atoms with van der Waals surface area (Å²) in [4.78, 5) is 13.1. The quantitative estimate of drug-likeness (QED) is 0.105. The normalized spacial score (nSPS) is 11.8. The summed E-state index contributed by atoms with van der Waals surface area (Å²) in [5.74, 6) is -0.152. The molecule has 3 aromatic rings. The number of carbonyl (C=O) groups excluding carboxylic acids is 1. The molecule has 166 valence electrons. The first-order valence-electron chi connectivity index (χ1n) is 9.88. The Balaban J connectivity index is 1.84. The summed E-state index contributed by atoms with van der Waals surface area (Å²) in [7, 11) is 0. The number of rotatable bonds is 9. The zero-order valence-electron chi connectivity index (χ0n) is 17.3. The minimum atomic E-state index is -4.44. The second-order valence-corrected chi connectivity index (χ2v) is 9.33. The Bertz CT molecular complexity index is 1080. The highest BCUT2D eigenvalue weighted by Gasteiger charge is 2.36. The van der Waals surface area contributed by atoms with E-state index in [1.165, 1.54) is 17.8 Å². The molecule has 2 aromatic heterocycles. The second-order valence-electron chi connectivity index (χ2n) is 7.19. The summed E-state index contributed by atoms with van der Waals surface area (Å²) in [5.41, 5.74) is 0.154. The molecule has 31 heavy (non-hydrogen) atoms. The highest BCUT2D eigenvalue weighted by Crippen LogP contribution is 2.44. The van der Waals surface area contributed by atoms with Gasteiger partial charge in [0.05, 0.1) is 10.4 Å². The monoisotopic (exact) mass is 468 g/mol. The Morgan fingerprint density at radius 2 is 2.00 bits per heavy atom. The molecule has 0 aliphatic heterocycles. The van der Waals surface area contributed by atoms with Crippen LogP contribution in [0.3, 0.4) is 0 Å². The van der Waals surface area contributed by atoms with E-state index in [0.29, 0.717) is 27.8 Å². The summed E-state index contributed by atoms with van der Waals surface area (Å²) < 4.78 is 51.8. The van der Waals surface area contributed by atoms with Gasteiger partial charge in [0.15, 0.2) is 0 Å². The third kappa shape index (κ3) is 5.95. The lowest BCUT2D eigenvalue weighted by Gasteiger charge is -2.05. The highest BCUT2D eigenvalue weighted by atomic mass is 32.2. The van der Waals surface area contributed by atoms with Crippen molar-refractivity contribution in [3.05, 3.63) is 52.9 Å². The van der Waals surface area contributed by atoms with Crippen molar-refractivity contribution >= 4 is 40.0 Å². The maximum Gasteiger partial charge on any atom is 0.417 e. The molecule has 0 unspecified atom stereocenters. The lowest BCUT2D eigenvalue weighted by molar-refractivity contribution is -0.137. The van der Waals surface area contributed by atoms with Crippen molar-refractivity contribution in [1.82, 2.24) is 0 Å². The van der Waals surface area contributed by atoms with Crippen molar-refractivity contribution in [1.29, 1.82) is 0 Å². The maximum absolute atomic E-state index is 13.6. The molecule has 3 nitrogen and oxygen atoms in total. The molecule has 0 N–H and O–H groups in total. The topological polar surface area (TPSA) is 39.4 Å². The Kier molecular flexibility index (Phi) is 7.54. The number of aryl methyl sites for hydroxylation is 1. The number of alkyl halides is 3. The van der Waals surface area contributed by atoms with E-state index in [4.69, 9.17) is 9.15 Å². The largest absolute Gasteiger partial charge is 0.455 e. The van der Waals surface area contributed by atoms with Gasteiger partial charge in [-0.05, 0) is 50.1 Å². The van der Waals surface area contributed by atoms with Gasteiger partial charge in [0, 0.05) is 20.7 Å². The van der Waals surface area contributed by atoms with Gasteiger partial charge in [0.2, 0.25) is 0 Å². The zero-order chi connectivity index (χ0) is 22.6. The van der Waals surface area contributed by atoms with E-state index in [2.05, 4.69) is 13.5 Å². The van der Waals surface area contributed by atoms with Crippen LogP contribution in [0.1, 0.15) is 43.6 Å². The first-order chi connectivity index (χ1) is 14.7. The molecule has 3 rings (SSSR count). The summed E-state index contributed by atoms with van der Waals surface area (Å²) in [6.07, 6.45) is -0.945. The van der Waals surface area contributed by atoms with E-state index in [0.717, 1.165) is 35.5 Å². The first-order valence-corrected chi connectivity index (χ1v) is 11.7. The fourth-order valence-corrected chi connectivity index (χ4v) is 4.82. The van der Waals surface area contributed by atoms with Gasteiger partial charge in [-0.2, -0.15) is 13.2 Å². The van der Waals surface area contributed by atoms with Gasteiger partial charge in [0.25, 0.3) is 0 Å². The predicted molar refractivity (Wildman–Crippen MR) is 119 cm³/mol. The molecule has 0 saturated heterocycles. The molecule has 1 aromatic carbocycles. The molecular formula is C23H23F3O3S2. The van der Waals surface area contributed by atoms with Crippen molar-refractivity contribution in [2.45, 2.75) is 50.6 Å². The fraction of sp³-hybridized carbons (Fsp3) is 0.348. The molecule has 0 aliphatic rings. The summed E-state index contributed by atoms with van der Waals surface area (Å²) >= 11 is 2.43. The van der Waals surface area contributed by atoms with Crippen molar-refractivity contribution in [2.24, 2.45) is 0 Å². The number of halogens is 3. The number of fused-ring (bicyclic) bond motifs is 1. The highest BCUT2D eigenvalue weighted by molar-refractivity contribution is 7.99. The minimum Gasteiger partial charge on any atom is -0.455 e. The lowest BCUT2D eigenvalue weighted by Crippen LogP contribution is -2.04. The van der Waals surface area contributed by atoms with Crippen LogP contribution in [-0.4, -0.2) is 11.9 Å². The first kappa shape index (κ1) is 23.5. The molecule has 0 bridgehead atoms. The fourth-order valence-electron chi connectivity index (χ4n) is 3.00. The number of furan rings is 1. The number of thiophene rings is 1. The lowest BCUT2D eigenvalue weighted by atomic mass is 10.1. The molecular weight excluding hydrogens is 445 g/mol. The van der Waals surface area contributed by atoms with E-state index < -0.39 is 17.7 Å². The number of thioether (sulfide) groups is 1. The zero-order valence-corrected chi connectivity index (χ0v) is 18.9. The number of unbranched alkanes of at least 4 members (excludes halogenated alkanes) is 2. The van der Waals surface area contributed by atoms with Gasteiger partial charge < -0.3 is 9.15 Å². The molecule has 0 atom stereocenters. The SMILES string of the molecule is C=C(C)C(=O)OCSc1ccc2cc(-c3sc(CCCCC)cc3C(F)(F)F)oc2c1. The van der Waals surface area contributed by atoms with E-state index in [1.54, 1.807) is 25.1 Å². The van der Waals surface area contributed by atoms with Crippen LogP contribution in [0.15, 0.2) is 51.8 Å². The smallest absolute Gasteiger partial charge is 0.417 e. The number of esters is 1. The van der Waals surface area contributed by atoms with Crippen LogP contribution in [0.4, 0.5) is 13.2 Å². The summed E-state index contributed by atoms with van der Waals surface area (Å²) in [6, 6.07) is 8.23. The van der Waals surface area contributed by atoms with Crippen LogP contribution in [0, 0.1) is 0 Å². The summed E-state index contributed by atoms with van der Waals surface area (Å²) in [6.45, 7) is 7.15. The average molecular weight is 469 g/mol. The second kappa shape index (κ2) is 9.96. The number of benzene rings is 1. The number of carbonyl (C=O) groups is 1. The van der Waals surface area contributed by atoms with Crippen LogP contribution in [0.2, 0.25) is 0 Å². The standard InChI is InChI=1S/C23H23F3O3S2/c1-4-5-6-7-17-11-18(23(24,25)26)21(31-17)20-10-15-8-9-16(12-19(15)29-20)30-13-28-22(27)14(2)3/h8-12H,2,4-7,13H2,1,3H3. The third-order valence-corrected chi connectivity index (χ3v) is 6.63. The van der Waals surface area contributed by atoms with Crippen molar-refractivity contribution in [2.75, 3.05) is 5.94 Å². The molecule has 0 amide bonds. The predicted octanol–water partition coefficient (Wildman–Crippen LogP) is 8.08. The minimum absolute atomic E-state index is 0.106. The Labute approximate surface area is 187 Å². The number of ether oxygens (including phenoxy) is 1. The van der Waals surface area contributed by atoms with Crippen molar-refractivity contribution < 1.29 is 27.1 Å². The maximum atomic E-state index is 13.6.